The molecule has 2 aliphatic rings. The Labute approximate surface area is 165 Å². The van der Waals surface area contributed by atoms with Gasteiger partial charge in [-0.2, -0.15) is 0 Å². The van der Waals surface area contributed by atoms with Crippen molar-refractivity contribution in [1.82, 2.24) is 14.9 Å². The Bertz CT molecular complexity index is 840. The predicted octanol–water partition coefficient (Wildman–Crippen LogP) is 3.05. The van der Waals surface area contributed by atoms with Gasteiger partial charge < -0.3 is 9.80 Å². The topological polar surface area (TPSA) is 49.3 Å². The molecule has 0 aliphatic carbocycles. The zero-order valence-corrected chi connectivity index (χ0v) is 16.9. The van der Waals surface area contributed by atoms with Gasteiger partial charge in [0.1, 0.15) is 5.82 Å². The van der Waals surface area contributed by atoms with Gasteiger partial charge in [-0.25, -0.2) is 14.4 Å². The Morgan fingerprint density at radius 1 is 1.12 bits per heavy atom. The third-order valence-electron chi connectivity index (χ3n) is 5.21. The average Bonchev–Trinajstić information content (AvgIpc) is 3.15. The van der Waals surface area contributed by atoms with E-state index < -0.39 is 0 Å². The van der Waals surface area contributed by atoms with Gasteiger partial charge >= 0.3 is 0 Å². The third-order valence-corrected chi connectivity index (χ3v) is 6.31. The lowest BCUT2D eigenvalue weighted by Gasteiger charge is -2.22. The van der Waals surface area contributed by atoms with Crippen molar-refractivity contribution >= 4 is 34.4 Å². The maximum atomic E-state index is 13.8. The van der Waals surface area contributed by atoms with Crippen LogP contribution in [0.5, 0.6) is 0 Å². The van der Waals surface area contributed by atoms with E-state index >= 15 is 0 Å². The fraction of sp³-hybridized carbons (Fsp3) is 0.421. The summed E-state index contributed by atoms with van der Waals surface area (Å²) in [6.45, 7) is 7.09. The van der Waals surface area contributed by atoms with Crippen LogP contribution in [0.4, 0.5) is 10.3 Å². The number of carbonyl (C=O) groups is 1. The zero-order chi connectivity index (χ0) is 18.4. The molecule has 2 fully saturated rings. The highest BCUT2D eigenvalue weighted by Gasteiger charge is 2.42. The summed E-state index contributed by atoms with van der Waals surface area (Å²) in [7, 11) is 0. The van der Waals surface area contributed by atoms with Crippen molar-refractivity contribution in [2.75, 3.05) is 31.1 Å². The molecule has 3 heterocycles. The Morgan fingerprint density at radius 2 is 1.73 bits per heavy atom. The first-order chi connectivity index (χ1) is 12.4. The molecule has 7 heteroatoms. The van der Waals surface area contributed by atoms with E-state index in [0.29, 0.717) is 34.1 Å². The van der Waals surface area contributed by atoms with Crippen molar-refractivity contribution in [3.8, 4) is 0 Å². The second-order valence-electron chi connectivity index (χ2n) is 7.19. The molecule has 5 nitrogen and oxygen atoms in total. The molecule has 2 aliphatic heterocycles. The molecular weight excluding hydrogens is 446 g/mol. The highest BCUT2D eigenvalue weighted by atomic mass is 127. The molecule has 0 radical (unpaired) electrons. The molecule has 2 atom stereocenters. The second-order valence-corrected chi connectivity index (χ2v) is 8.27. The average molecular weight is 466 g/mol. The molecule has 1 aromatic heterocycles. The van der Waals surface area contributed by atoms with E-state index in [1.807, 2.05) is 47.4 Å². The zero-order valence-electron chi connectivity index (χ0n) is 14.7. The van der Waals surface area contributed by atoms with Gasteiger partial charge in [0.25, 0.3) is 5.91 Å². The van der Waals surface area contributed by atoms with E-state index in [9.17, 15) is 9.18 Å². The number of amides is 1. The van der Waals surface area contributed by atoms with E-state index in [4.69, 9.17) is 0 Å². The summed E-state index contributed by atoms with van der Waals surface area (Å²) in [6.07, 6.45) is 0. The third kappa shape index (κ3) is 3.17. The smallest absolute Gasteiger partial charge is 0.255 e. The van der Waals surface area contributed by atoms with Crippen LogP contribution in [0.2, 0.25) is 0 Å². The minimum atomic E-state index is -0.339. The van der Waals surface area contributed by atoms with Crippen LogP contribution in [-0.4, -0.2) is 47.0 Å². The summed E-state index contributed by atoms with van der Waals surface area (Å²) < 4.78 is 14.2. The molecule has 2 saturated heterocycles. The normalized spacial score (nSPS) is 22.0. The van der Waals surface area contributed by atoms with Gasteiger partial charge in [-0.3, -0.25) is 4.79 Å². The van der Waals surface area contributed by atoms with Gasteiger partial charge in [0, 0.05) is 49.4 Å². The summed E-state index contributed by atoms with van der Waals surface area (Å²) in [5.74, 6) is 1.20. The van der Waals surface area contributed by atoms with Crippen LogP contribution >= 0.6 is 22.6 Å². The van der Waals surface area contributed by atoms with Gasteiger partial charge in [-0.15, -0.1) is 0 Å². The number of nitrogens with zero attached hydrogens (tertiary/aromatic N) is 4. The summed E-state index contributed by atoms with van der Waals surface area (Å²) in [4.78, 5) is 26.0. The summed E-state index contributed by atoms with van der Waals surface area (Å²) in [5.41, 5.74) is 2.41. The summed E-state index contributed by atoms with van der Waals surface area (Å²) in [5, 5.41) is 0. The van der Waals surface area contributed by atoms with Crippen molar-refractivity contribution in [2.45, 2.75) is 13.8 Å². The highest BCUT2D eigenvalue weighted by molar-refractivity contribution is 14.1. The van der Waals surface area contributed by atoms with Gasteiger partial charge in [-0.1, -0.05) is 6.07 Å². The number of halogens is 2. The van der Waals surface area contributed by atoms with Crippen molar-refractivity contribution in [2.24, 2.45) is 11.8 Å². The molecule has 4 rings (SSSR count). The fourth-order valence-corrected chi connectivity index (χ4v) is 4.60. The first-order valence-corrected chi connectivity index (χ1v) is 9.81. The van der Waals surface area contributed by atoms with Crippen LogP contribution in [-0.2, 0) is 0 Å². The molecule has 1 amide bonds. The standard InChI is InChI=1S/C19H20FIN4O/c1-11-6-12(2)23-19(22-11)25-9-13-7-24(8-14(13)10-25)18(26)15-4-3-5-16(20)17(15)21/h3-6,13-14H,7-10H2,1-2H3. The lowest BCUT2D eigenvalue weighted by Crippen LogP contribution is -2.34. The van der Waals surface area contributed by atoms with Crippen LogP contribution in [0.15, 0.2) is 24.3 Å². The molecular formula is C19H20FIN4O. The van der Waals surface area contributed by atoms with E-state index in [1.165, 1.54) is 6.07 Å². The first-order valence-electron chi connectivity index (χ1n) is 8.73. The van der Waals surface area contributed by atoms with Gasteiger partial charge in [0.2, 0.25) is 5.95 Å². The first kappa shape index (κ1) is 17.6. The molecule has 2 aromatic rings. The van der Waals surface area contributed by atoms with Crippen molar-refractivity contribution in [1.29, 1.82) is 0 Å². The number of aromatic nitrogens is 2. The molecule has 0 saturated carbocycles. The largest absolute Gasteiger partial charge is 0.340 e. The Morgan fingerprint density at radius 3 is 2.35 bits per heavy atom. The molecule has 1 aromatic carbocycles. The number of rotatable bonds is 2. The van der Waals surface area contributed by atoms with Gasteiger partial charge in [0.05, 0.1) is 9.13 Å². The molecule has 136 valence electrons. The lowest BCUT2D eigenvalue weighted by atomic mass is 10.0. The van der Waals surface area contributed by atoms with Crippen LogP contribution in [0, 0.1) is 35.1 Å². The molecule has 26 heavy (non-hydrogen) atoms. The number of fused-ring (bicyclic) bond motifs is 1. The minimum Gasteiger partial charge on any atom is -0.340 e. The number of hydrogen-bond donors (Lipinski definition) is 0. The predicted molar refractivity (Wildman–Crippen MR) is 106 cm³/mol. The Kier molecular flexibility index (Phi) is 4.58. The van der Waals surface area contributed by atoms with Crippen LogP contribution in [0.25, 0.3) is 0 Å². The number of benzene rings is 1. The van der Waals surface area contributed by atoms with E-state index in [0.717, 1.165) is 30.4 Å². The summed E-state index contributed by atoms with van der Waals surface area (Å²) in [6, 6.07) is 6.66. The van der Waals surface area contributed by atoms with Crippen LogP contribution in [0.1, 0.15) is 21.7 Å². The quantitative estimate of drug-likeness (QED) is 0.639. The summed E-state index contributed by atoms with van der Waals surface area (Å²) >= 11 is 1.91. The SMILES string of the molecule is Cc1cc(C)nc(N2CC3CN(C(=O)c4cccc(F)c4I)CC3C2)n1. The second kappa shape index (κ2) is 6.75. The fourth-order valence-electron chi connectivity index (χ4n) is 4.01. The molecule has 0 N–H and O–H groups in total. The van der Waals surface area contributed by atoms with Crippen molar-refractivity contribution in [3.63, 3.8) is 0 Å². The number of carbonyl (C=O) groups excluding carboxylic acids is 1. The van der Waals surface area contributed by atoms with Crippen LogP contribution < -0.4 is 4.90 Å². The number of anilines is 1. The van der Waals surface area contributed by atoms with E-state index in [1.54, 1.807) is 12.1 Å². The monoisotopic (exact) mass is 466 g/mol. The van der Waals surface area contributed by atoms with Crippen molar-refractivity contribution in [3.05, 3.63) is 50.6 Å². The molecule has 2 unspecified atom stereocenters. The lowest BCUT2D eigenvalue weighted by molar-refractivity contribution is 0.0781. The van der Waals surface area contributed by atoms with E-state index in [-0.39, 0.29) is 11.7 Å². The van der Waals surface area contributed by atoms with E-state index in [2.05, 4.69) is 14.9 Å². The van der Waals surface area contributed by atoms with Gasteiger partial charge in [-0.05, 0) is 54.6 Å². The minimum absolute atomic E-state index is 0.0718. The Balaban J connectivity index is 1.46. The molecule has 0 bridgehead atoms. The number of hydrogen-bond acceptors (Lipinski definition) is 4. The molecule has 0 spiro atoms. The Hall–Kier alpha value is -1.77. The number of aryl methyl sites for hydroxylation is 2. The maximum absolute atomic E-state index is 13.8. The van der Waals surface area contributed by atoms with Gasteiger partial charge in [0.15, 0.2) is 0 Å². The maximum Gasteiger partial charge on any atom is 0.255 e. The highest BCUT2D eigenvalue weighted by Crippen LogP contribution is 2.34. The van der Waals surface area contributed by atoms with Crippen LogP contribution in [0.3, 0.4) is 0 Å². The number of likely N-dealkylation sites (tertiary alicyclic amines) is 1. The van der Waals surface area contributed by atoms with Crippen molar-refractivity contribution < 1.29 is 9.18 Å².